The van der Waals surface area contributed by atoms with Crippen molar-refractivity contribution in [1.29, 1.82) is 0 Å². The number of rotatable bonds is 4. The lowest BCUT2D eigenvalue weighted by Crippen LogP contribution is -2.42. The Bertz CT molecular complexity index is 423. The minimum absolute atomic E-state index is 0.110. The number of hydrogen-bond donors (Lipinski definition) is 0. The molecule has 0 radical (unpaired) electrons. The molecule has 0 aliphatic carbocycles. The molecule has 3 nitrogen and oxygen atoms in total. The Morgan fingerprint density at radius 2 is 1.72 bits per heavy atom. The lowest BCUT2D eigenvalue weighted by molar-refractivity contribution is -0.150. The lowest BCUT2D eigenvalue weighted by Gasteiger charge is -2.29. The minimum Gasteiger partial charge on any atom is -0.278 e. The zero-order valence-corrected chi connectivity index (χ0v) is 11.6. The molecule has 0 unspecified atom stereocenters. The Hall–Kier alpha value is -1.64. The first kappa shape index (κ1) is 14.4. The van der Waals surface area contributed by atoms with Crippen LogP contribution in [0.5, 0.6) is 0 Å². The molecule has 2 amide bonds. The second kappa shape index (κ2) is 5.80. The summed E-state index contributed by atoms with van der Waals surface area (Å²) in [4.78, 5) is 25.3. The summed E-state index contributed by atoms with van der Waals surface area (Å²) in [7, 11) is 0. The van der Waals surface area contributed by atoms with Gasteiger partial charge >= 0.3 is 0 Å². The maximum Gasteiger partial charge on any atom is 0.235 e. The van der Waals surface area contributed by atoms with E-state index in [4.69, 9.17) is 0 Å². The third kappa shape index (κ3) is 3.42. The van der Waals surface area contributed by atoms with E-state index in [0.717, 1.165) is 5.56 Å². The highest BCUT2D eigenvalue weighted by Crippen LogP contribution is 2.24. The minimum atomic E-state index is -0.500. The number of carbonyl (C=O) groups excluding carboxylic acids is 2. The molecule has 1 rings (SSSR count). The van der Waals surface area contributed by atoms with E-state index in [0.29, 0.717) is 13.0 Å². The molecule has 0 aliphatic heterocycles. The quantitative estimate of drug-likeness (QED) is 0.820. The molecule has 3 heteroatoms. The highest BCUT2D eigenvalue weighted by atomic mass is 16.2. The van der Waals surface area contributed by atoms with Crippen molar-refractivity contribution in [2.75, 3.05) is 0 Å². The summed E-state index contributed by atoms with van der Waals surface area (Å²) in [5.74, 6) is -0.313. The van der Waals surface area contributed by atoms with Gasteiger partial charge in [0.1, 0.15) is 0 Å². The van der Waals surface area contributed by atoms with Crippen LogP contribution in [-0.4, -0.2) is 16.7 Å². The second-order valence-electron chi connectivity index (χ2n) is 5.13. The van der Waals surface area contributed by atoms with Crippen molar-refractivity contribution < 1.29 is 9.59 Å². The Morgan fingerprint density at radius 3 is 2.17 bits per heavy atom. The Kier molecular flexibility index (Phi) is 4.65. The van der Waals surface area contributed by atoms with Crippen molar-refractivity contribution in [2.24, 2.45) is 5.41 Å². The van der Waals surface area contributed by atoms with Crippen molar-refractivity contribution in [3.63, 3.8) is 0 Å². The molecule has 0 saturated carbocycles. The fraction of sp³-hybridized carbons (Fsp3) is 0.467. The number of benzene rings is 1. The molecule has 0 aromatic heterocycles. The fourth-order valence-corrected chi connectivity index (χ4v) is 1.61. The largest absolute Gasteiger partial charge is 0.278 e. The van der Waals surface area contributed by atoms with Crippen LogP contribution in [0.25, 0.3) is 0 Å². The van der Waals surface area contributed by atoms with Crippen LogP contribution < -0.4 is 0 Å². The monoisotopic (exact) mass is 247 g/mol. The molecule has 0 N–H and O–H groups in total. The van der Waals surface area contributed by atoms with E-state index in [1.807, 2.05) is 51.1 Å². The van der Waals surface area contributed by atoms with Crippen LogP contribution in [-0.2, 0) is 16.1 Å². The molecule has 0 fully saturated rings. The van der Waals surface area contributed by atoms with E-state index in [1.54, 1.807) is 0 Å². The molecule has 98 valence electrons. The van der Waals surface area contributed by atoms with Gasteiger partial charge in [-0.25, -0.2) is 0 Å². The van der Waals surface area contributed by atoms with Gasteiger partial charge in [-0.05, 0) is 12.0 Å². The van der Waals surface area contributed by atoms with Crippen molar-refractivity contribution in [3.05, 3.63) is 35.9 Å². The van der Waals surface area contributed by atoms with Crippen LogP contribution in [0.4, 0.5) is 0 Å². The van der Waals surface area contributed by atoms with Gasteiger partial charge in [0.15, 0.2) is 0 Å². The molecule has 1 aromatic rings. The average Bonchev–Trinajstić information content (AvgIpc) is 2.36. The first-order chi connectivity index (χ1) is 8.38. The fourth-order valence-electron chi connectivity index (χ4n) is 1.61. The van der Waals surface area contributed by atoms with Crippen LogP contribution in [0.1, 0.15) is 39.7 Å². The Morgan fingerprint density at radius 1 is 1.17 bits per heavy atom. The molecular formula is C15H21NO2. The first-order valence-electron chi connectivity index (χ1n) is 6.25. The number of nitrogens with zero attached hydrogens (tertiary/aromatic N) is 1. The number of hydrogen-bond acceptors (Lipinski definition) is 2. The average molecular weight is 247 g/mol. The standard InChI is InChI=1S/C15H21NO2/c1-5-15(3,4)14(18)16(12(2)17)11-13-9-7-6-8-10-13/h6-10H,5,11H2,1-4H3. The van der Waals surface area contributed by atoms with Crippen molar-refractivity contribution in [1.82, 2.24) is 4.90 Å². The van der Waals surface area contributed by atoms with E-state index in [-0.39, 0.29) is 11.8 Å². The van der Waals surface area contributed by atoms with Gasteiger partial charge in [0.2, 0.25) is 11.8 Å². The Balaban J connectivity index is 2.91. The van der Waals surface area contributed by atoms with Crippen LogP contribution >= 0.6 is 0 Å². The van der Waals surface area contributed by atoms with Crippen molar-refractivity contribution in [3.8, 4) is 0 Å². The summed E-state index contributed by atoms with van der Waals surface area (Å²) in [6, 6.07) is 9.57. The molecule has 0 atom stereocenters. The zero-order chi connectivity index (χ0) is 13.8. The summed E-state index contributed by atoms with van der Waals surface area (Å²) in [6.45, 7) is 7.48. The molecule has 0 aliphatic rings. The molecule has 0 bridgehead atoms. The predicted molar refractivity (Wildman–Crippen MR) is 71.7 cm³/mol. The molecule has 1 aromatic carbocycles. The smallest absolute Gasteiger partial charge is 0.235 e. The molecule has 0 saturated heterocycles. The molecular weight excluding hydrogens is 226 g/mol. The third-order valence-electron chi connectivity index (χ3n) is 3.27. The number of imide groups is 1. The van der Waals surface area contributed by atoms with E-state index in [1.165, 1.54) is 11.8 Å². The SMILES string of the molecule is CCC(C)(C)C(=O)N(Cc1ccccc1)C(C)=O. The van der Waals surface area contributed by atoms with E-state index < -0.39 is 5.41 Å². The van der Waals surface area contributed by atoms with Gasteiger partial charge in [0.05, 0.1) is 6.54 Å². The highest BCUT2D eigenvalue weighted by molar-refractivity contribution is 5.96. The van der Waals surface area contributed by atoms with Crippen molar-refractivity contribution in [2.45, 2.75) is 40.7 Å². The lowest BCUT2D eigenvalue weighted by atomic mass is 9.88. The van der Waals surface area contributed by atoms with Gasteiger partial charge in [0.25, 0.3) is 0 Å². The van der Waals surface area contributed by atoms with Crippen molar-refractivity contribution >= 4 is 11.8 Å². The van der Waals surface area contributed by atoms with Gasteiger partial charge in [-0.2, -0.15) is 0 Å². The second-order valence-corrected chi connectivity index (χ2v) is 5.13. The van der Waals surface area contributed by atoms with Gasteiger partial charge in [-0.3, -0.25) is 14.5 Å². The topological polar surface area (TPSA) is 37.4 Å². The zero-order valence-electron chi connectivity index (χ0n) is 11.6. The maximum atomic E-state index is 12.3. The molecule has 0 spiro atoms. The summed E-state index contributed by atoms with van der Waals surface area (Å²) in [5, 5.41) is 0. The maximum absolute atomic E-state index is 12.3. The van der Waals surface area contributed by atoms with E-state index in [2.05, 4.69) is 0 Å². The molecule has 18 heavy (non-hydrogen) atoms. The van der Waals surface area contributed by atoms with Gasteiger partial charge in [-0.1, -0.05) is 51.1 Å². The summed E-state index contributed by atoms with van der Waals surface area (Å²) < 4.78 is 0. The number of amides is 2. The predicted octanol–water partition coefficient (Wildman–Crippen LogP) is 3.00. The first-order valence-corrected chi connectivity index (χ1v) is 6.25. The van der Waals surface area contributed by atoms with Gasteiger partial charge < -0.3 is 0 Å². The van der Waals surface area contributed by atoms with Gasteiger partial charge in [-0.15, -0.1) is 0 Å². The number of carbonyl (C=O) groups is 2. The van der Waals surface area contributed by atoms with Crippen LogP contribution in [0.3, 0.4) is 0 Å². The van der Waals surface area contributed by atoms with Gasteiger partial charge in [0, 0.05) is 12.3 Å². The van der Waals surface area contributed by atoms with Crippen LogP contribution in [0.15, 0.2) is 30.3 Å². The molecule has 0 heterocycles. The summed E-state index contributed by atoms with van der Waals surface area (Å²) in [5.41, 5.74) is 0.466. The van der Waals surface area contributed by atoms with Crippen LogP contribution in [0, 0.1) is 5.41 Å². The summed E-state index contributed by atoms with van der Waals surface area (Å²) in [6.07, 6.45) is 0.713. The Labute approximate surface area is 109 Å². The van der Waals surface area contributed by atoms with Crippen LogP contribution in [0.2, 0.25) is 0 Å². The van der Waals surface area contributed by atoms with E-state index >= 15 is 0 Å². The normalized spacial score (nSPS) is 11.1. The van der Waals surface area contributed by atoms with E-state index in [9.17, 15) is 9.59 Å². The third-order valence-corrected chi connectivity index (χ3v) is 3.27. The summed E-state index contributed by atoms with van der Waals surface area (Å²) >= 11 is 0. The highest BCUT2D eigenvalue weighted by Gasteiger charge is 2.32.